The Bertz CT molecular complexity index is 806. The summed E-state index contributed by atoms with van der Waals surface area (Å²) in [6.07, 6.45) is 0.644. The number of amides is 1. The summed E-state index contributed by atoms with van der Waals surface area (Å²) in [7, 11) is 0. The standard InChI is InChI=1S/C17H14ClN3O2S/c18-13-8-6-12(7-9-13)10-16-20-21-17(24-16)19-15(22)11-23-14-4-2-1-3-5-14/h1-9H,10-11H2,(H,19,21,22). The van der Waals surface area contributed by atoms with Gasteiger partial charge in [0.15, 0.2) is 6.61 Å². The Kier molecular flexibility index (Phi) is 5.40. The summed E-state index contributed by atoms with van der Waals surface area (Å²) >= 11 is 7.20. The molecule has 0 spiro atoms. The number of nitrogens with one attached hydrogen (secondary N) is 1. The first-order chi connectivity index (χ1) is 11.7. The number of rotatable bonds is 6. The van der Waals surface area contributed by atoms with Gasteiger partial charge in [0.1, 0.15) is 10.8 Å². The van der Waals surface area contributed by atoms with Gasteiger partial charge in [-0.25, -0.2) is 0 Å². The molecule has 2 aromatic carbocycles. The van der Waals surface area contributed by atoms with Crippen LogP contribution in [0, 0.1) is 0 Å². The second-order valence-corrected chi connectivity index (χ2v) is 6.45. The van der Waals surface area contributed by atoms with Crippen LogP contribution in [0.15, 0.2) is 54.6 Å². The van der Waals surface area contributed by atoms with Crippen LogP contribution in [-0.2, 0) is 11.2 Å². The van der Waals surface area contributed by atoms with Crippen molar-refractivity contribution in [3.8, 4) is 5.75 Å². The first-order valence-electron chi connectivity index (χ1n) is 7.23. The fourth-order valence-corrected chi connectivity index (χ4v) is 2.89. The van der Waals surface area contributed by atoms with E-state index >= 15 is 0 Å². The number of ether oxygens (including phenoxy) is 1. The highest BCUT2D eigenvalue weighted by Gasteiger charge is 2.09. The SMILES string of the molecule is O=C(COc1ccccc1)Nc1nnc(Cc2ccc(Cl)cc2)s1. The van der Waals surface area contributed by atoms with Gasteiger partial charge in [0.25, 0.3) is 5.91 Å². The van der Waals surface area contributed by atoms with Gasteiger partial charge >= 0.3 is 0 Å². The van der Waals surface area contributed by atoms with E-state index in [1.54, 1.807) is 12.1 Å². The molecule has 0 aliphatic rings. The van der Waals surface area contributed by atoms with E-state index in [9.17, 15) is 4.79 Å². The van der Waals surface area contributed by atoms with E-state index in [1.165, 1.54) is 11.3 Å². The zero-order valence-electron chi connectivity index (χ0n) is 12.6. The summed E-state index contributed by atoms with van der Waals surface area (Å²) in [6, 6.07) is 16.7. The van der Waals surface area contributed by atoms with E-state index in [1.807, 2.05) is 42.5 Å². The van der Waals surface area contributed by atoms with Crippen LogP contribution >= 0.6 is 22.9 Å². The van der Waals surface area contributed by atoms with Gasteiger partial charge in [0, 0.05) is 11.4 Å². The quantitative estimate of drug-likeness (QED) is 0.727. The number of halogens is 1. The number of carbonyl (C=O) groups is 1. The van der Waals surface area contributed by atoms with Crippen LogP contribution in [0.5, 0.6) is 5.75 Å². The maximum Gasteiger partial charge on any atom is 0.264 e. The second-order valence-electron chi connectivity index (χ2n) is 4.95. The Morgan fingerprint density at radius 1 is 1.08 bits per heavy atom. The van der Waals surface area contributed by atoms with Gasteiger partial charge in [0.2, 0.25) is 5.13 Å². The van der Waals surface area contributed by atoms with Crippen molar-refractivity contribution in [2.24, 2.45) is 0 Å². The van der Waals surface area contributed by atoms with Gasteiger partial charge < -0.3 is 4.74 Å². The summed E-state index contributed by atoms with van der Waals surface area (Å²) in [5.74, 6) is 0.376. The minimum atomic E-state index is -0.270. The Balaban J connectivity index is 1.51. The molecule has 1 N–H and O–H groups in total. The molecule has 24 heavy (non-hydrogen) atoms. The fraction of sp³-hybridized carbons (Fsp3) is 0.118. The zero-order valence-corrected chi connectivity index (χ0v) is 14.2. The summed E-state index contributed by atoms with van der Waals surface area (Å²) in [5, 5.41) is 12.7. The number of hydrogen-bond acceptors (Lipinski definition) is 5. The lowest BCUT2D eigenvalue weighted by molar-refractivity contribution is -0.118. The van der Waals surface area contributed by atoms with Crippen molar-refractivity contribution in [3.63, 3.8) is 0 Å². The Morgan fingerprint density at radius 3 is 2.58 bits per heavy atom. The van der Waals surface area contributed by atoms with Crippen LogP contribution < -0.4 is 10.1 Å². The van der Waals surface area contributed by atoms with E-state index in [4.69, 9.17) is 16.3 Å². The molecule has 1 amide bonds. The number of para-hydroxylation sites is 1. The van der Waals surface area contributed by atoms with Crippen molar-refractivity contribution >= 4 is 34.0 Å². The summed E-state index contributed by atoms with van der Waals surface area (Å²) in [6.45, 7) is -0.0733. The molecule has 7 heteroatoms. The largest absolute Gasteiger partial charge is 0.484 e. The van der Waals surface area contributed by atoms with Crippen molar-refractivity contribution in [2.75, 3.05) is 11.9 Å². The molecule has 0 bridgehead atoms. The van der Waals surface area contributed by atoms with Crippen molar-refractivity contribution in [3.05, 3.63) is 70.2 Å². The third-order valence-electron chi connectivity index (χ3n) is 3.09. The smallest absolute Gasteiger partial charge is 0.264 e. The molecule has 0 saturated carbocycles. The number of aromatic nitrogens is 2. The van der Waals surface area contributed by atoms with E-state index in [0.29, 0.717) is 22.3 Å². The van der Waals surface area contributed by atoms with Crippen LogP contribution in [0.4, 0.5) is 5.13 Å². The van der Waals surface area contributed by atoms with E-state index in [2.05, 4.69) is 15.5 Å². The maximum absolute atomic E-state index is 11.9. The number of anilines is 1. The number of nitrogens with zero attached hydrogens (tertiary/aromatic N) is 2. The van der Waals surface area contributed by atoms with Gasteiger partial charge in [-0.15, -0.1) is 10.2 Å². The number of carbonyl (C=O) groups excluding carboxylic acids is 1. The first-order valence-corrected chi connectivity index (χ1v) is 8.43. The molecule has 0 fully saturated rings. The molecule has 5 nitrogen and oxygen atoms in total. The average molecular weight is 360 g/mol. The van der Waals surface area contributed by atoms with Crippen LogP contribution in [0.2, 0.25) is 5.02 Å². The molecular formula is C17H14ClN3O2S. The average Bonchev–Trinajstić information content (AvgIpc) is 3.03. The molecule has 0 aliphatic heterocycles. The Hall–Kier alpha value is -2.44. The molecule has 3 rings (SSSR count). The van der Waals surface area contributed by atoms with Gasteiger partial charge in [0.05, 0.1) is 0 Å². The lowest BCUT2D eigenvalue weighted by Crippen LogP contribution is -2.20. The predicted molar refractivity (Wildman–Crippen MR) is 94.7 cm³/mol. The third kappa shape index (κ3) is 4.78. The summed E-state index contributed by atoms with van der Waals surface area (Å²) in [4.78, 5) is 11.9. The van der Waals surface area contributed by atoms with E-state index in [0.717, 1.165) is 10.6 Å². The van der Waals surface area contributed by atoms with Crippen LogP contribution in [-0.4, -0.2) is 22.7 Å². The van der Waals surface area contributed by atoms with E-state index in [-0.39, 0.29) is 12.5 Å². The highest BCUT2D eigenvalue weighted by atomic mass is 35.5. The fourth-order valence-electron chi connectivity index (χ4n) is 1.97. The van der Waals surface area contributed by atoms with Crippen molar-refractivity contribution in [1.82, 2.24) is 10.2 Å². The third-order valence-corrected chi connectivity index (χ3v) is 4.19. The molecule has 0 aliphatic carbocycles. The highest BCUT2D eigenvalue weighted by molar-refractivity contribution is 7.15. The predicted octanol–water partition coefficient (Wildman–Crippen LogP) is 3.80. The summed E-state index contributed by atoms with van der Waals surface area (Å²) in [5.41, 5.74) is 1.08. The first kappa shape index (κ1) is 16.4. The Labute approximate surface area is 148 Å². The molecular weight excluding hydrogens is 346 g/mol. The van der Waals surface area contributed by atoms with Crippen LogP contribution in [0.25, 0.3) is 0 Å². The minimum absolute atomic E-state index is 0.0733. The molecule has 1 aromatic heterocycles. The zero-order chi connectivity index (χ0) is 16.8. The van der Waals surface area contributed by atoms with Crippen LogP contribution in [0.3, 0.4) is 0 Å². The van der Waals surface area contributed by atoms with Crippen LogP contribution in [0.1, 0.15) is 10.6 Å². The van der Waals surface area contributed by atoms with Gasteiger partial charge in [-0.3, -0.25) is 10.1 Å². The Morgan fingerprint density at radius 2 is 1.83 bits per heavy atom. The monoisotopic (exact) mass is 359 g/mol. The van der Waals surface area contributed by atoms with Gasteiger partial charge in [-0.2, -0.15) is 0 Å². The molecule has 3 aromatic rings. The topological polar surface area (TPSA) is 64.1 Å². The summed E-state index contributed by atoms with van der Waals surface area (Å²) < 4.78 is 5.39. The maximum atomic E-state index is 11.9. The van der Waals surface area contributed by atoms with Gasteiger partial charge in [-0.1, -0.05) is 53.3 Å². The molecule has 0 unspecified atom stereocenters. The molecule has 0 atom stereocenters. The molecule has 1 heterocycles. The number of benzene rings is 2. The van der Waals surface area contributed by atoms with Crippen molar-refractivity contribution in [1.29, 1.82) is 0 Å². The van der Waals surface area contributed by atoms with Crippen molar-refractivity contribution in [2.45, 2.75) is 6.42 Å². The lowest BCUT2D eigenvalue weighted by atomic mass is 10.2. The minimum Gasteiger partial charge on any atom is -0.484 e. The molecule has 0 radical (unpaired) electrons. The lowest BCUT2D eigenvalue weighted by Gasteiger charge is -2.04. The van der Waals surface area contributed by atoms with Crippen molar-refractivity contribution < 1.29 is 9.53 Å². The van der Waals surface area contributed by atoms with Gasteiger partial charge in [-0.05, 0) is 29.8 Å². The number of hydrogen-bond donors (Lipinski definition) is 1. The highest BCUT2D eigenvalue weighted by Crippen LogP contribution is 2.19. The normalized spacial score (nSPS) is 10.4. The molecule has 0 saturated heterocycles. The molecule has 122 valence electrons. The van der Waals surface area contributed by atoms with E-state index < -0.39 is 0 Å². The second kappa shape index (κ2) is 7.90.